The highest BCUT2D eigenvalue weighted by Gasteiger charge is 2.28. The first kappa shape index (κ1) is 23.7. The number of benzene rings is 2. The minimum atomic E-state index is -3.81. The van der Waals surface area contributed by atoms with Crippen LogP contribution in [0.2, 0.25) is 0 Å². The van der Waals surface area contributed by atoms with Gasteiger partial charge in [-0.15, -0.1) is 0 Å². The molecule has 1 aliphatic rings. The van der Waals surface area contributed by atoms with Crippen molar-refractivity contribution >= 4 is 27.5 Å². The lowest BCUT2D eigenvalue weighted by Crippen LogP contribution is -2.45. The number of carbonyl (C=O) groups is 2. The first-order chi connectivity index (χ1) is 15.3. The number of nitrogens with one attached hydrogen (secondary N) is 1. The average Bonchev–Trinajstić information content (AvgIpc) is 2.78. The van der Waals surface area contributed by atoms with Crippen molar-refractivity contribution in [3.63, 3.8) is 0 Å². The standard InChI is InChI=1S/C23H29N3O5S/c1-18(27)24-20-8-10-22(11-9-20)32(29,30)25(2)16-23(28)26-14-12-19(13-15-26)17-31-21-6-4-3-5-7-21/h3-11,19H,12-17H2,1-2H3,(H,24,27). The molecule has 0 bridgehead atoms. The molecule has 1 saturated heterocycles. The molecule has 2 amide bonds. The van der Waals surface area contributed by atoms with Crippen molar-refractivity contribution < 1.29 is 22.7 Å². The van der Waals surface area contributed by atoms with Gasteiger partial charge in [0.15, 0.2) is 0 Å². The monoisotopic (exact) mass is 459 g/mol. The molecule has 172 valence electrons. The number of ether oxygens (including phenoxy) is 1. The Morgan fingerprint density at radius 3 is 2.28 bits per heavy atom. The second-order valence-electron chi connectivity index (χ2n) is 7.91. The van der Waals surface area contributed by atoms with Gasteiger partial charge in [0.2, 0.25) is 21.8 Å². The third-order valence-corrected chi connectivity index (χ3v) is 7.25. The molecule has 0 unspecified atom stereocenters. The van der Waals surface area contributed by atoms with E-state index < -0.39 is 10.0 Å². The lowest BCUT2D eigenvalue weighted by atomic mass is 9.98. The Hall–Kier alpha value is -2.91. The van der Waals surface area contributed by atoms with Gasteiger partial charge in [-0.1, -0.05) is 18.2 Å². The number of likely N-dealkylation sites (tertiary alicyclic amines) is 1. The van der Waals surface area contributed by atoms with Gasteiger partial charge in [-0.25, -0.2) is 8.42 Å². The van der Waals surface area contributed by atoms with Gasteiger partial charge in [-0.2, -0.15) is 4.31 Å². The molecule has 1 heterocycles. The van der Waals surface area contributed by atoms with Crippen LogP contribution in [0.4, 0.5) is 5.69 Å². The van der Waals surface area contributed by atoms with Gasteiger partial charge in [-0.3, -0.25) is 9.59 Å². The number of piperidine rings is 1. The molecule has 9 heteroatoms. The minimum Gasteiger partial charge on any atom is -0.493 e. The van der Waals surface area contributed by atoms with Gasteiger partial charge in [0.05, 0.1) is 18.0 Å². The fourth-order valence-electron chi connectivity index (χ4n) is 3.55. The van der Waals surface area contributed by atoms with Crippen molar-refractivity contribution in [2.45, 2.75) is 24.7 Å². The molecule has 2 aromatic carbocycles. The van der Waals surface area contributed by atoms with Gasteiger partial charge >= 0.3 is 0 Å². The molecule has 1 N–H and O–H groups in total. The normalized spacial score (nSPS) is 14.9. The zero-order chi connectivity index (χ0) is 23.1. The largest absolute Gasteiger partial charge is 0.493 e. The second-order valence-corrected chi connectivity index (χ2v) is 9.96. The van der Waals surface area contributed by atoms with Gasteiger partial charge in [0, 0.05) is 32.7 Å². The molecular formula is C23H29N3O5S. The van der Waals surface area contributed by atoms with Crippen molar-refractivity contribution in [1.29, 1.82) is 0 Å². The van der Waals surface area contributed by atoms with E-state index in [0.29, 0.717) is 31.3 Å². The zero-order valence-electron chi connectivity index (χ0n) is 18.4. The van der Waals surface area contributed by atoms with Crippen molar-refractivity contribution in [2.24, 2.45) is 5.92 Å². The number of rotatable bonds is 8. The molecule has 0 atom stereocenters. The summed E-state index contributed by atoms with van der Waals surface area (Å²) in [7, 11) is -2.42. The predicted octanol–water partition coefficient (Wildman–Crippen LogP) is 2.58. The topological polar surface area (TPSA) is 96.0 Å². The van der Waals surface area contributed by atoms with Crippen LogP contribution in [0.25, 0.3) is 0 Å². The van der Waals surface area contributed by atoms with E-state index in [-0.39, 0.29) is 23.3 Å². The summed E-state index contributed by atoms with van der Waals surface area (Å²) in [5.74, 6) is 0.748. The van der Waals surface area contributed by atoms with Crippen LogP contribution in [-0.4, -0.2) is 62.7 Å². The fraction of sp³-hybridized carbons (Fsp3) is 0.391. The number of para-hydroxylation sites is 1. The van der Waals surface area contributed by atoms with E-state index in [4.69, 9.17) is 4.74 Å². The maximum atomic E-state index is 12.8. The Morgan fingerprint density at radius 1 is 1.06 bits per heavy atom. The highest BCUT2D eigenvalue weighted by Crippen LogP contribution is 2.21. The van der Waals surface area contributed by atoms with Crippen molar-refractivity contribution in [2.75, 3.05) is 38.6 Å². The maximum Gasteiger partial charge on any atom is 0.243 e. The molecule has 0 aromatic heterocycles. The summed E-state index contributed by atoms with van der Waals surface area (Å²) in [6.07, 6.45) is 1.64. The molecule has 32 heavy (non-hydrogen) atoms. The number of amides is 2. The summed E-state index contributed by atoms with van der Waals surface area (Å²) in [4.78, 5) is 25.6. The first-order valence-corrected chi connectivity index (χ1v) is 12.0. The van der Waals surface area contributed by atoms with Gasteiger partial charge in [0.25, 0.3) is 0 Å². The Labute approximate surface area is 189 Å². The van der Waals surface area contributed by atoms with Crippen molar-refractivity contribution in [1.82, 2.24) is 9.21 Å². The summed E-state index contributed by atoms with van der Waals surface area (Å²) in [5.41, 5.74) is 0.509. The van der Waals surface area contributed by atoms with Crippen molar-refractivity contribution in [3.05, 3.63) is 54.6 Å². The maximum absolute atomic E-state index is 12.8. The van der Waals surface area contributed by atoms with E-state index in [1.54, 1.807) is 4.90 Å². The van der Waals surface area contributed by atoms with Crippen LogP contribution in [0, 0.1) is 5.92 Å². The van der Waals surface area contributed by atoms with Crippen LogP contribution in [0.15, 0.2) is 59.5 Å². The molecule has 8 nitrogen and oxygen atoms in total. The summed E-state index contributed by atoms with van der Waals surface area (Å²) < 4.78 is 32.5. The third-order valence-electron chi connectivity index (χ3n) is 5.44. The zero-order valence-corrected chi connectivity index (χ0v) is 19.2. The molecule has 0 radical (unpaired) electrons. The molecule has 3 rings (SSSR count). The van der Waals surface area contributed by atoms with Gasteiger partial charge in [0.1, 0.15) is 5.75 Å². The lowest BCUT2D eigenvalue weighted by Gasteiger charge is -2.32. The highest BCUT2D eigenvalue weighted by atomic mass is 32.2. The van der Waals surface area contributed by atoms with Gasteiger partial charge < -0.3 is 15.0 Å². The Bertz CT molecular complexity index is 1020. The number of sulfonamides is 1. The van der Waals surface area contributed by atoms with Crippen LogP contribution in [0.1, 0.15) is 19.8 Å². The van der Waals surface area contributed by atoms with Crippen LogP contribution in [-0.2, 0) is 19.6 Å². The van der Waals surface area contributed by atoms with E-state index >= 15 is 0 Å². The molecule has 1 fully saturated rings. The lowest BCUT2D eigenvalue weighted by molar-refractivity contribution is -0.132. The van der Waals surface area contributed by atoms with Crippen molar-refractivity contribution in [3.8, 4) is 5.75 Å². The number of carbonyl (C=O) groups excluding carboxylic acids is 2. The van der Waals surface area contributed by atoms with E-state index in [0.717, 1.165) is 22.9 Å². The Morgan fingerprint density at radius 2 is 1.69 bits per heavy atom. The van der Waals surface area contributed by atoms with E-state index in [1.165, 1.54) is 38.2 Å². The molecule has 1 aliphatic heterocycles. The van der Waals surface area contributed by atoms with Crippen LogP contribution < -0.4 is 10.1 Å². The number of hydrogen-bond acceptors (Lipinski definition) is 5. The smallest absolute Gasteiger partial charge is 0.243 e. The second kappa shape index (κ2) is 10.6. The number of nitrogens with zero attached hydrogens (tertiary/aromatic N) is 2. The highest BCUT2D eigenvalue weighted by molar-refractivity contribution is 7.89. The molecular weight excluding hydrogens is 430 g/mol. The Kier molecular flexibility index (Phi) is 7.87. The summed E-state index contributed by atoms with van der Waals surface area (Å²) >= 11 is 0. The summed E-state index contributed by atoms with van der Waals surface area (Å²) in [5, 5.41) is 2.59. The van der Waals surface area contributed by atoms with E-state index in [9.17, 15) is 18.0 Å². The minimum absolute atomic E-state index is 0.0682. The fourth-order valence-corrected chi connectivity index (χ4v) is 4.67. The third kappa shape index (κ3) is 6.30. The van der Waals surface area contributed by atoms with E-state index in [1.807, 2.05) is 30.3 Å². The number of hydrogen-bond donors (Lipinski definition) is 1. The average molecular weight is 460 g/mol. The van der Waals surface area contributed by atoms with E-state index in [2.05, 4.69) is 5.32 Å². The summed E-state index contributed by atoms with van der Waals surface area (Å²) in [6.45, 7) is 2.93. The molecule has 0 saturated carbocycles. The number of likely N-dealkylation sites (N-methyl/N-ethyl adjacent to an activating group) is 1. The first-order valence-electron chi connectivity index (χ1n) is 10.6. The molecule has 2 aromatic rings. The predicted molar refractivity (Wildman–Crippen MR) is 122 cm³/mol. The molecule has 0 aliphatic carbocycles. The van der Waals surface area contributed by atoms with Gasteiger partial charge in [-0.05, 0) is 55.2 Å². The van der Waals surface area contributed by atoms with Crippen LogP contribution >= 0.6 is 0 Å². The molecule has 0 spiro atoms. The quantitative estimate of drug-likeness (QED) is 0.655. The number of anilines is 1. The Balaban J connectivity index is 1.49. The SMILES string of the molecule is CC(=O)Nc1ccc(S(=O)(=O)N(C)CC(=O)N2CCC(COc3ccccc3)CC2)cc1. The van der Waals surface area contributed by atoms with Crippen LogP contribution in [0.3, 0.4) is 0 Å². The summed E-state index contributed by atoms with van der Waals surface area (Å²) in [6, 6.07) is 15.5. The van der Waals surface area contributed by atoms with Crippen LogP contribution in [0.5, 0.6) is 5.75 Å².